The molecule has 0 saturated heterocycles. The van der Waals surface area contributed by atoms with Crippen molar-refractivity contribution in [2.24, 2.45) is 11.8 Å². The third-order valence-corrected chi connectivity index (χ3v) is 7.30. The van der Waals surface area contributed by atoms with Gasteiger partial charge in [-0.25, -0.2) is 4.79 Å². The lowest BCUT2D eigenvalue weighted by Crippen LogP contribution is -2.64. The number of hydrogen-bond donors (Lipinski definition) is 3. The summed E-state index contributed by atoms with van der Waals surface area (Å²) in [5.41, 5.74) is -1.18. The minimum Gasteiger partial charge on any atom is -0.359 e. The Kier molecular flexibility index (Phi) is 6.03. The van der Waals surface area contributed by atoms with Gasteiger partial charge in [0.15, 0.2) is 0 Å². The maximum Gasteiger partial charge on any atom is 0.329 e. The number of nitrogens with zero attached hydrogens (tertiary/aromatic N) is 1. The highest BCUT2D eigenvalue weighted by Gasteiger charge is 2.52. The summed E-state index contributed by atoms with van der Waals surface area (Å²) in [4.78, 5) is 27.9. The molecule has 0 aromatic heterocycles. The Morgan fingerprint density at radius 2 is 1.94 bits per heavy atom. The third kappa shape index (κ3) is 3.95. The first-order valence-corrected chi connectivity index (χ1v) is 11.6. The molecule has 2 aliphatic rings. The molecule has 1 heterocycles. The Bertz CT molecular complexity index is 1020. The van der Waals surface area contributed by atoms with E-state index in [0.717, 1.165) is 24.2 Å². The number of nitrogens with one attached hydrogen (secondary N) is 2. The van der Waals surface area contributed by atoms with Crippen LogP contribution in [0.1, 0.15) is 38.7 Å². The van der Waals surface area contributed by atoms with Crippen molar-refractivity contribution in [3.8, 4) is 0 Å². The Labute approximate surface area is 195 Å². The van der Waals surface area contributed by atoms with Gasteiger partial charge in [-0.15, -0.1) is 0 Å². The first-order chi connectivity index (χ1) is 14.7. The molecule has 3 N–H and O–H groups in total. The van der Waals surface area contributed by atoms with Gasteiger partial charge in [-0.3, -0.25) is 9.69 Å². The van der Waals surface area contributed by atoms with Gasteiger partial charge in [0.2, 0.25) is 0 Å². The van der Waals surface area contributed by atoms with Gasteiger partial charge >= 0.3 is 6.03 Å². The zero-order valence-corrected chi connectivity index (χ0v) is 19.7. The van der Waals surface area contributed by atoms with E-state index in [4.69, 9.17) is 11.6 Å². The van der Waals surface area contributed by atoms with E-state index in [1.807, 2.05) is 0 Å². The van der Waals surface area contributed by atoms with Crippen LogP contribution in [0, 0.1) is 11.8 Å². The number of amides is 3. The number of urea groups is 1. The van der Waals surface area contributed by atoms with Crippen molar-refractivity contribution in [1.29, 1.82) is 0 Å². The average Bonchev–Trinajstić information content (AvgIpc) is 2.73. The van der Waals surface area contributed by atoms with Gasteiger partial charge in [-0.1, -0.05) is 54.2 Å². The van der Waals surface area contributed by atoms with E-state index < -0.39 is 17.7 Å². The highest BCUT2D eigenvalue weighted by Crippen LogP contribution is 2.42. The second-order valence-electron chi connectivity index (χ2n) is 8.45. The molecule has 3 amide bonds. The number of aliphatic hydroxyl groups is 1. The number of rotatable bonds is 3. The van der Waals surface area contributed by atoms with Crippen LogP contribution in [-0.2, 0) is 10.5 Å². The van der Waals surface area contributed by atoms with E-state index in [1.54, 1.807) is 42.5 Å². The smallest absolute Gasteiger partial charge is 0.329 e. The van der Waals surface area contributed by atoms with Crippen LogP contribution < -0.4 is 15.5 Å². The van der Waals surface area contributed by atoms with E-state index in [9.17, 15) is 14.7 Å². The van der Waals surface area contributed by atoms with Gasteiger partial charge in [-0.05, 0) is 60.7 Å². The minimum atomic E-state index is -2.23. The van der Waals surface area contributed by atoms with E-state index in [-0.39, 0.29) is 12.0 Å². The molecular weight excluding hydrogens is 482 g/mol. The summed E-state index contributed by atoms with van der Waals surface area (Å²) < 4.78 is 0.685. The van der Waals surface area contributed by atoms with Crippen LogP contribution >= 0.6 is 27.5 Å². The molecule has 1 aliphatic carbocycles. The SMILES string of the molecule is C[C@@H]1[C@H](C)CCC[C@@H]1NC(=O)[C@]1(O)c2cc(Br)ccc2NC(=O)N1c1ccc(Cl)cc1. The van der Waals surface area contributed by atoms with Gasteiger partial charge in [0.1, 0.15) is 0 Å². The predicted octanol–water partition coefficient (Wildman–Crippen LogP) is 5.24. The van der Waals surface area contributed by atoms with Crippen molar-refractivity contribution in [3.63, 3.8) is 0 Å². The summed E-state index contributed by atoms with van der Waals surface area (Å²) in [6.45, 7) is 4.30. The molecular formula is C23H25BrClN3O3. The molecule has 164 valence electrons. The molecule has 0 bridgehead atoms. The summed E-state index contributed by atoms with van der Waals surface area (Å²) in [6.07, 6.45) is 2.97. The second kappa shape index (κ2) is 8.45. The number of hydrogen-bond acceptors (Lipinski definition) is 3. The number of halogens is 2. The van der Waals surface area contributed by atoms with Crippen molar-refractivity contribution >= 4 is 50.8 Å². The van der Waals surface area contributed by atoms with Gasteiger partial charge in [0.25, 0.3) is 11.6 Å². The Morgan fingerprint density at radius 3 is 2.65 bits per heavy atom. The van der Waals surface area contributed by atoms with Crippen LogP contribution in [0.2, 0.25) is 5.02 Å². The summed E-state index contributed by atoms with van der Waals surface area (Å²) >= 11 is 9.43. The largest absolute Gasteiger partial charge is 0.359 e. The lowest BCUT2D eigenvalue weighted by atomic mass is 9.78. The Balaban J connectivity index is 1.80. The molecule has 1 fully saturated rings. The fraction of sp³-hybridized carbons (Fsp3) is 0.391. The maximum atomic E-state index is 13.7. The fourth-order valence-corrected chi connectivity index (χ4v) is 5.01. The standard InChI is InChI=1S/C23H25BrClN3O3/c1-13-4-3-5-19(14(13)2)26-21(29)23(31)18-12-15(24)6-11-20(18)27-22(30)28(23)17-9-7-16(25)8-10-17/h6-14,19,31H,3-5H2,1-2H3,(H,26,29)(H,27,30)/t13-,14-,19+,23-/m1/s1. The summed E-state index contributed by atoms with van der Waals surface area (Å²) in [6, 6.07) is 10.8. The molecule has 0 unspecified atom stereocenters. The Morgan fingerprint density at radius 1 is 1.23 bits per heavy atom. The quantitative estimate of drug-likeness (QED) is 0.532. The number of anilines is 2. The Hall–Kier alpha value is -2.09. The van der Waals surface area contributed by atoms with Crippen molar-refractivity contribution in [2.75, 3.05) is 10.2 Å². The average molecular weight is 507 g/mol. The van der Waals surface area contributed by atoms with Crippen molar-refractivity contribution in [3.05, 3.63) is 57.5 Å². The van der Waals surface area contributed by atoms with E-state index in [2.05, 4.69) is 40.4 Å². The number of carbonyl (C=O) groups excluding carboxylic acids is 2. The molecule has 2 aromatic carbocycles. The van der Waals surface area contributed by atoms with Crippen molar-refractivity contribution in [1.82, 2.24) is 5.32 Å². The fourth-order valence-electron chi connectivity index (χ4n) is 4.53. The normalized spacial score (nSPS) is 28.0. The zero-order chi connectivity index (χ0) is 22.3. The molecule has 1 saturated carbocycles. The van der Waals surface area contributed by atoms with Crippen LogP contribution in [0.4, 0.5) is 16.2 Å². The lowest BCUT2D eigenvalue weighted by molar-refractivity contribution is -0.141. The molecule has 0 spiro atoms. The molecule has 2 aromatic rings. The first kappa shape index (κ1) is 22.1. The summed E-state index contributed by atoms with van der Waals surface area (Å²) in [5.74, 6) is 0.115. The maximum absolute atomic E-state index is 13.7. The highest BCUT2D eigenvalue weighted by atomic mass is 79.9. The molecule has 4 rings (SSSR count). The van der Waals surface area contributed by atoms with Gasteiger partial charge in [-0.2, -0.15) is 0 Å². The topological polar surface area (TPSA) is 81.7 Å². The van der Waals surface area contributed by atoms with Crippen molar-refractivity contribution in [2.45, 2.75) is 44.9 Å². The van der Waals surface area contributed by atoms with Gasteiger partial charge in [0.05, 0.1) is 5.69 Å². The van der Waals surface area contributed by atoms with Crippen LogP contribution in [0.5, 0.6) is 0 Å². The van der Waals surface area contributed by atoms with Crippen molar-refractivity contribution < 1.29 is 14.7 Å². The molecule has 1 aliphatic heterocycles. The third-order valence-electron chi connectivity index (χ3n) is 6.55. The molecule has 6 nitrogen and oxygen atoms in total. The van der Waals surface area contributed by atoms with E-state index in [1.165, 1.54) is 0 Å². The van der Waals surface area contributed by atoms with E-state index >= 15 is 0 Å². The van der Waals surface area contributed by atoms with Gasteiger partial charge in [0, 0.05) is 26.8 Å². The monoisotopic (exact) mass is 505 g/mol. The first-order valence-electron chi connectivity index (χ1n) is 10.4. The summed E-state index contributed by atoms with van der Waals surface area (Å²) in [7, 11) is 0. The lowest BCUT2D eigenvalue weighted by Gasteiger charge is -2.44. The van der Waals surface area contributed by atoms with E-state index in [0.29, 0.717) is 32.4 Å². The predicted molar refractivity (Wildman–Crippen MR) is 125 cm³/mol. The van der Waals surface area contributed by atoms with Crippen LogP contribution in [0.15, 0.2) is 46.9 Å². The summed E-state index contributed by atoms with van der Waals surface area (Å²) in [5, 5.41) is 18.3. The van der Waals surface area contributed by atoms with Crippen LogP contribution in [0.3, 0.4) is 0 Å². The molecule has 8 heteroatoms. The molecule has 31 heavy (non-hydrogen) atoms. The molecule has 0 radical (unpaired) electrons. The minimum absolute atomic E-state index is 0.0760. The number of fused-ring (bicyclic) bond motifs is 1. The van der Waals surface area contributed by atoms with Crippen LogP contribution in [-0.4, -0.2) is 23.1 Å². The number of benzene rings is 2. The van der Waals surface area contributed by atoms with Crippen LogP contribution in [0.25, 0.3) is 0 Å². The highest BCUT2D eigenvalue weighted by molar-refractivity contribution is 9.10. The number of carbonyl (C=O) groups is 2. The zero-order valence-electron chi connectivity index (χ0n) is 17.4. The molecule has 4 atom stereocenters. The second-order valence-corrected chi connectivity index (χ2v) is 9.80. The van der Waals surface area contributed by atoms with Gasteiger partial charge < -0.3 is 15.7 Å².